The summed E-state index contributed by atoms with van der Waals surface area (Å²) >= 11 is 0. The topological polar surface area (TPSA) is 87.7 Å². The third-order valence-electron chi connectivity index (χ3n) is 4.68. The Bertz CT molecular complexity index is 869. The molecule has 1 unspecified atom stereocenters. The number of amides is 2. The minimum absolute atomic E-state index is 0.0716. The van der Waals surface area contributed by atoms with Crippen LogP contribution in [-0.2, 0) is 4.79 Å². The van der Waals surface area contributed by atoms with Crippen LogP contribution < -0.4 is 15.4 Å². The van der Waals surface area contributed by atoms with Gasteiger partial charge in [0.2, 0.25) is 5.91 Å². The number of hydrogen-bond donors (Lipinski definition) is 3. The molecule has 2 aromatic carbocycles. The average molecular weight is 399 g/mol. The normalized spacial score (nSPS) is 11.6. The van der Waals surface area contributed by atoms with Gasteiger partial charge >= 0.3 is 0 Å². The number of carbonyl (C=O) groups excluding carboxylic acids is 2. The summed E-state index contributed by atoms with van der Waals surface area (Å²) < 4.78 is 6.02. The number of aryl methyl sites for hydroxylation is 2. The van der Waals surface area contributed by atoms with Gasteiger partial charge in [-0.15, -0.1) is 0 Å². The summed E-state index contributed by atoms with van der Waals surface area (Å²) in [5.74, 6) is 0.557. The van der Waals surface area contributed by atoms with E-state index in [2.05, 4.69) is 17.6 Å². The van der Waals surface area contributed by atoms with E-state index in [1.165, 1.54) is 13.0 Å². The Balaban J connectivity index is 2.26. The van der Waals surface area contributed by atoms with Crippen LogP contribution in [0.3, 0.4) is 0 Å². The van der Waals surface area contributed by atoms with Gasteiger partial charge in [0, 0.05) is 18.7 Å². The highest BCUT2D eigenvalue weighted by Gasteiger charge is 2.17. The molecule has 156 valence electrons. The molecule has 2 amide bonds. The Morgan fingerprint density at radius 2 is 1.76 bits per heavy atom. The van der Waals surface area contributed by atoms with E-state index < -0.39 is 0 Å². The van der Waals surface area contributed by atoms with E-state index in [0.717, 1.165) is 30.4 Å². The molecule has 0 aromatic heterocycles. The van der Waals surface area contributed by atoms with Crippen molar-refractivity contribution in [1.82, 2.24) is 5.32 Å². The summed E-state index contributed by atoms with van der Waals surface area (Å²) in [5.41, 5.74) is 2.58. The monoisotopic (exact) mass is 398 g/mol. The maximum atomic E-state index is 12.6. The first-order valence-electron chi connectivity index (χ1n) is 9.95. The zero-order chi connectivity index (χ0) is 21.6. The SMILES string of the molecule is CCCC(CC)NC(=O)c1cc(Oc2c(C)cc(NC(C)=O)cc2C)ccc1O. The lowest BCUT2D eigenvalue weighted by Gasteiger charge is -2.18. The van der Waals surface area contributed by atoms with E-state index in [9.17, 15) is 14.7 Å². The van der Waals surface area contributed by atoms with Crippen molar-refractivity contribution in [3.63, 3.8) is 0 Å². The van der Waals surface area contributed by atoms with E-state index in [0.29, 0.717) is 17.2 Å². The summed E-state index contributed by atoms with van der Waals surface area (Å²) in [7, 11) is 0. The summed E-state index contributed by atoms with van der Waals surface area (Å²) in [5, 5.41) is 15.9. The molecule has 0 aliphatic carbocycles. The predicted molar refractivity (Wildman–Crippen MR) is 115 cm³/mol. The zero-order valence-electron chi connectivity index (χ0n) is 17.8. The third kappa shape index (κ3) is 5.98. The highest BCUT2D eigenvalue weighted by atomic mass is 16.5. The number of ether oxygens (including phenoxy) is 1. The van der Waals surface area contributed by atoms with Gasteiger partial charge in [0.25, 0.3) is 5.91 Å². The lowest BCUT2D eigenvalue weighted by Crippen LogP contribution is -2.34. The first-order chi connectivity index (χ1) is 13.7. The number of aromatic hydroxyl groups is 1. The van der Waals surface area contributed by atoms with Crippen LogP contribution >= 0.6 is 0 Å². The molecule has 3 N–H and O–H groups in total. The van der Waals surface area contributed by atoms with Crippen molar-refractivity contribution < 1.29 is 19.4 Å². The first kappa shape index (κ1) is 22.3. The van der Waals surface area contributed by atoms with Crippen LogP contribution in [-0.4, -0.2) is 23.0 Å². The van der Waals surface area contributed by atoms with Gasteiger partial charge in [0.15, 0.2) is 0 Å². The number of phenols is 1. The second-order valence-electron chi connectivity index (χ2n) is 7.27. The van der Waals surface area contributed by atoms with Gasteiger partial charge < -0.3 is 20.5 Å². The van der Waals surface area contributed by atoms with Crippen molar-refractivity contribution in [2.75, 3.05) is 5.32 Å². The third-order valence-corrected chi connectivity index (χ3v) is 4.68. The number of rotatable bonds is 8. The molecule has 0 aliphatic heterocycles. The van der Waals surface area contributed by atoms with Crippen LogP contribution in [0.15, 0.2) is 30.3 Å². The average Bonchev–Trinajstić information content (AvgIpc) is 2.64. The smallest absolute Gasteiger partial charge is 0.255 e. The molecule has 29 heavy (non-hydrogen) atoms. The van der Waals surface area contributed by atoms with Crippen LogP contribution in [0.4, 0.5) is 5.69 Å². The van der Waals surface area contributed by atoms with Crippen LogP contribution in [0, 0.1) is 13.8 Å². The molecular formula is C23H30N2O4. The summed E-state index contributed by atoms with van der Waals surface area (Å²) in [4.78, 5) is 23.9. The zero-order valence-corrected chi connectivity index (χ0v) is 17.8. The van der Waals surface area contributed by atoms with Crippen molar-refractivity contribution >= 4 is 17.5 Å². The van der Waals surface area contributed by atoms with Gasteiger partial charge in [-0.25, -0.2) is 0 Å². The Morgan fingerprint density at radius 1 is 1.10 bits per heavy atom. The minimum Gasteiger partial charge on any atom is -0.507 e. The van der Waals surface area contributed by atoms with Crippen molar-refractivity contribution in [2.24, 2.45) is 0 Å². The number of phenolic OH excluding ortho intramolecular Hbond substituents is 1. The largest absolute Gasteiger partial charge is 0.507 e. The molecular weight excluding hydrogens is 368 g/mol. The van der Waals surface area contributed by atoms with Gasteiger partial charge in [0.1, 0.15) is 17.2 Å². The molecule has 0 bridgehead atoms. The molecule has 0 saturated heterocycles. The number of carbonyl (C=O) groups is 2. The van der Waals surface area contributed by atoms with E-state index in [1.807, 2.05) is 32.9 Å². The first-order valence-corrected chi connectivity index (χ1v) is 9.95. The summed E-state index contributed by atoms with van der Waals surface area (Å²) in [6.07, 6.45) is 2.69. The Hall–Kier alpha value is -3.02. The lowest BCUT2D eigenvalue weighted by molar-refractivity contribution is -0.114. The Kier molecular flexibility index (Phi) is 7.65. The van der Waals surface area contributed by atoms with Gasteiger partial charge in [-0.2, -0.15) is 0 Å². The van der Waals surface area contributed by atoms with E-state index in [4.69, 9.17) is 4.74 Å². The highest BCUT2D eigenvalue weighted by Crippen LogP contribution is 2.33. The van der Waals surface area contributed by atoms with Crippen LogP contribution in [0.2, 0.25) is 0 Å². The van der Waals surface area contributed by atoms with E-state index in [1.54, 1.807) is 12.1 Å². The quantitative estimate of drug-likeness (QED) is 0.579. The maximum absolute atomic E-state index is 12.6. The molecule has 0 fully saturated rings. The lowest BCUT2D eigenvalue weighted by atomic mass is 10.1. The molecule has 1 atom stereocenters. The van der Waals surface area contributed by atoms with E-state index in [-0.39, 0.29) is 29.2 Å². The fourth-order valence-electron chi connectivity index (χ4n) is 3.26. The predicted octanol–water partition coefficient (Wildman–Crippen LogP) is 5.07. The Morgan fingerprint density at radius 3 is 2.31 bits per heavy atom. The van der Waals surface area contributed by atoms with Crippen LogP contribution in [0.1, 0.15) is 61.5 Å². The molecule has 0 saturated carbocycles. The Labute approximate surface area is 172 Å². The molecule has 0 aliphatic rings. The molecule has 6 heteroatoms. The van der Waals surface area contributed by atoms with Crippen molar-refractivity contribution in [2.45, 2.75) is 59.9 Å². The number of nitrogens with one attached hydrogen (secondary N) is 2. The maximum Gasteiger partial charge on any atom is 0.255 e. The fraction of sp³-hybridized carbons (Fsp3) is 0.391. The summed E-state index contributed by atoms with van der Waals surface area (Å²) in [6.45, 7) is 9.33. The second kappa shape index (κ2) is 9.96. The highest BCUT2D eigenvalue weighted by molar-refractivity contribution is 5.97. The van der Waals surface area contributed by atoms with Gasteiger partial charge in [-0.3, -0.25) is 9.59 Å². The van der Waals surface area contributed by atoms with Crippen LogP contribution in [0.5, 0.6) is 17.2 Å². The van der Waals surface area contributed by atoms with Gasteiger partial charge in [-0.05, 0) is 68.1 Å². The van der Waals surface area contributed by atoms with Gasteiger partial charge in [0.05, 0.1) is 5.56 Å². The molecule has 2 aromatic rings. The minimum atomic E-state index is -0.317. The van der Waals surface area contributed by atoms with Crippen LogP contribution in [0.25, 0.3) is 0 Å². The second-order valence-corrected chi connectivity index (χ2v) is 7.27. The number of anilines is 1. The molecule has 2 rings (SSSR count). The van der Waals surface area contributed by atoms with Crippen molar-refractivity contribution in [3.05, 3.63) is 47.0 Å². The fourth-order valence-corrected chi connectivity index (χ4v) is 3.26. The van der Waals surface area contributed by atoms with Crippen molar-refractivity contribution in [3.8, 4) is 17.2 Å². The molecule has 6 nitrogen and oxygen atoms in total. The number of hydrogen-bond acceptors (Lipinski definition) is 4. The molecule has 0 spiro atoms. The number of benzene rings is 2. The summed E-state index contributed by atoms with van der Waals surface area (Å²) in [6, 6.07) is 8.35. The van der Waals surface area contributed by atoms with Gasteiger partial charge in [-0.1, -0.05) is 20.3 Å². The molecule has 0 heterocycles. The van der Waals surface area contributed by atoms with E-state index >= 15 is 0 Å². The molecule has 0 radical (unpaired) electrons. The van der Waals surface area contributed by atoms with Crippen molar-refractivity contribution in [1.29, 1.82) is 0 Å². The standard InChI is InChI=1S/C23H30N2O4/c1-6-8-17(7-2)25-23(28)20-13-19(9-10-21(20)27)29-22-14(3)11-18(12-15(22)4)24-16(5)26/h9-13,17,27H,6-8H2,1-5H3,(H,24,26)(H,25,28).